The number of hydrogen-bond acceptors (Lipinski definition) is 5. The summed E-state index contributed by atoms with van der Waals surface area (Å²) in [5.41, 5.74) is 3.16. The summed E-state index contributed by atoms with van der Waals surface area (Å²) < 4.78 is 0.310. The highest BCUT2D eigenvalue weighted by Gasteiger charge is 2.40. The largest absolute Gasteiger partial charge is 0.480 e. The fourth-order valence-electron chi connectivity index (χ4n) is 2.47. The first kappa shape index (κ1) is 19.0. The number of nitrogens with zero attached hydrogens (tertiary/aromatic N) is 1. The average molecular weight is 382 g/mol. The number of carboxylic acid groups (broad SMARTS) is 1. The second-order valence-electron chi connectivity index (χ2n) is 5.55. The van der Waals surface area contributed by atoms with Gasteiger partial charge in [-0.3, -0.25) is 9.69 Å². The van der Waals surface area contributed by atoms with Crippen molar-refractivity contribution in [3.63, 3.8) is 0 Å². The molecule has 1 aliphatic rings. The molecule has 1 aliphatic heterocycles. The van der Waals surface area contributed by atoms with Gasteiger partial charge in [-0.25, -0.2) is 4.79 Å². The lowest BCUT2D eigenvalue weighted by atomic mass is 10.1. The van der Waals surface area contributed by atoms with Gasteiger partial charge in [0.05, 0.1) is 4.91 Å². The molecule has 0 aliphatic carbocycles. The van der Waals surface area contributed by atoms with E-state index < -0.39 is 12.0 Å². The zero-order valence-corrected chi connectivity index (χ0v) is 16.2. The van der Waals surface area contributed by atoms with E-state index in [2.05, 4.69) is 0 Å². The molecule has 2 rings (SSSR count). The summed E-state index contributed by atoms with van der Waals surface area (Å²) in [6, 6.07) is 5.08. The average Bonchev–Trinajstić information content (AvgIpc) is 2.78. The van der Waals surface area contributed by atoms with E-state index in [0.29, 0.717) is 21.4 Å². The maximum Gasteiger partial charge on any atom is 0.326 e. The third-order valence-corrected chi connectivity index (χ3v) is 5.70. The molecule has 0 saturated carbocycles. The van der Waals surface area contributed by atoms with E-state index in [-0.39, 0.29) is 5.91 Å². The first-order valence-corrected chi connectivity index (χ1v) is 10.0. The van der Waals surface area contributed by atoms with Gasteiger partial charge in [0.15, 0.2) is 0 Å². The van der Waals surface area contributed by atoms with Crippen LogP contribution in [0.2, 0.25) is 0 Å². The van der Waals surface area contributed by atoms with Crippen molar-refractivity contribution in [3.05, 3.63) is 39.8 Å². The molecule has 1 atom stereocenters. The number of amides is 1. The van der Waals surface area contributed by atoms with Crippen molar-refractivity contribution in [1.82, 2.24) is 4.90 Å². The van der Waals surface area contributed by atoms with E-state index in [0.717, 1.165) is 16.7 Å². The monoisotopic (exact) mass is 381 g/mol. The van der Waals surface area contributed by atoms with Crippen LogP contribution in [0.25, 0.3) is 6.08 Å². The van der Waals surface area contributed by atoms with Crippen molar-refractivity contribution in [3.8, 4) is 0 Å². The summed E-state index contributed by atoms with van der Waals surface area (Å²) in [6.45, 7) is 4.00. The third-order valence-electron chi connectivity index (χ3n) is 3.73. The minimum atomic E-state index is -1.02. The van der Waals surface area contributed by atoms with Gasteiger partial charge in [0.1, 0.15) is 10.4 Å². The van der Waals surface area contributed by atoms with Crippen LogP contribution in [0.4, 0.5) is 0 Å². The first-order valence-electron chi connectivity index (χ1n) is 7.41. The Kier molecular flexibility index (Phi) is 6.48. The van der Waals surface area contributed by atoms with E-state index in [9.17, 15) is 14.7 Å². The Morgan fingerprint density at radius 2 is 2.17 bits per heavy atom. The summed E-state index contributed by atoms with van der Waals surface area (Å²) in [5, 5.41) is 9.45. The van der Waals surface area contributed by atoms with Gasteiger partial charge in [-0.1, -0.05) is 47.7 Å². The highest BCUT2D eigenvalue weighted by molar-refractivity contribution is 8.26. The van der Waals surface area contributed by atoms with Gasteiger partial charge in [0, 0.05) is 0 Å². The second kappa shape index (κ2) is 8.18. The number of carboxylic acids is 1. The minimum absolute atomic E-state index is 0.310. The van der Waals surface area contributed by atoms with Crippen molar-refractivity contribution in [1.29, 1.82) is 0 Å². The van der Waals surface area contributed by atoms with Gasteiger partial charge >= 0.3 is 5.97 Å². The van der Waals surface area contributed by atoms with E-state index in [1.165, 1.54) is 16.7 Å². The van der Waals surface area contributed by atoms with Gasteiger partial charge in [-0.05, 0) is 49.5 Å². The normalized spacial score (nSPS) is 17.6. The van der Waals surface area contributed by atoms with Crippen LogP contribution >= 0.6 is 35.7 Å². The zero-order chi connectivity index (χ0) is 17.9. The van der Waals surface area contributed by atoms with Crippen molar-refractivity contribution < 1.29 is 14.7 Å². The molecule has 1 aromatic carbocycles. The molecule has 0 radical (unpaired) electrons. The number of rotatable bonds is 6. The predicted molar refractivity (Wildman–Crippen MR) is 105 cm³/mol. The summed E-state index contributed by atoms with van der Waals surface area (Å²) >= 11 is 7.98. The minimum Gasteiger partial charge on any atom is -0.480 e. The van der Waals surface area contributed by atoms with Crippen LogP contribution in [0.5, 0.6) is 0 Å². The Balaban J connectivity index is 2.30. The highest BCUT2D eigenvalue weighted by atomic mass is 32.2. The molecule has 0 spiro atoms. The molecular formula is C17H19NO3S3. The van der Waals surface area contributed by atoms with Crippen LogP contribution < -0.4 is 0 Å². The van der Waals surface area contributed by atoms with Crippen LogP contribution in [0.3, 0.4) is 0 Å². The number of aryl methyl sites for hydroxylation is 2. The molecule has 1 aromatic rings. The zero-order valence-electron chi connectivity index (χ0n) is 13.7. The molecule has 1 saturated heterocycles. The summed E-state index contributed by atoms with van der Waals surface area (Å²) in [7, 11) is 0. The summed E-state index contributed by atoms with van der Waals surface area (Å²) in [4.78, 5) is 26.0. The number of benzene rings is 1. The topological polar surface area (TPSA) is 57.6 Å². The maximum atomic E-state index is 12.7. The Bertz CT molecular complexity index is 715. The van der Waals surface area contributed by atoms with Crippen molar-refractivity contribution in [2.75, 3.05) is 12.0 Å². The smallest absolute Gasteiger partial charge is 0.326 e. The Hall–Kier alpha value is -1.31. The molecule has 1 heterocycles. The molecule has 4 nitrogen and oxygen atoms in total. The molecule has 1 N–H and O–H groups in total. The molecule has 0 aromatic heterocycles. The molecule has 0 bridgehead atoms. The predicted octanol–water partition coefficient (Wildman–Crippen LogP) is 3.71. The number of carbonyl (C=O) groups excluding carboxylic acids is 1. The fourth-order valence-corrected chi connectivity index (χ4v) is 4.28. The van der Waals surface area contributed by atoms with Crippen molar-refractivity contribution >= 4 is 58.0 Å². The van der Waals surface area contributed by atoms with Crippen LogP contribution in [-0.4, -0.2) is 44.3 Å². The molecular weight excluding hydrogens is 362 g/mol. The summed E-state index contributed by atoms with van der Waals surface area (Å²) in [6.07, 6.45) is 4.07. The van der Waals surface area contributed by atoms with Crippen LogP contribution in [0.15, 0.2) is 23.1 Å². The maximum absolute atomic E-state index is 12.7. The van der Waals surface area contributed by atoms with Crippen molar-refractivity contribution in [2.24, 2.45) is 0 Å². The van der Waals surface area contributed by atoms with Crippen molar-refractivity contribution in [2.45, 2.75) is 26.3 Å². The quantitative estimate of drug-likeness (QED) is 0.599. The number of thiocarbonyl (C=S) groups is 1. The molecule has 1 amide bonds. The van der Waals surface area contributed by atoms with Gasteiger partial charge in [-0.15, -0.1) is 0 Å². The fraction of sp³-hybridized carbons (Fsp3) is 0.353. The van der Waals surface area contributed by atoms with Gasteiger partial charge in [0.25, 0.3) is 5.91 Å². The van der Waals surface area contributed by atoms with Crippen LogP contribution in [-0.2, 0) is 9.59 Å². The first-order chi connectivity index (χ1) is 11.3. The molecule has 7 heteroatoms. The molecule has 24 heavy (non-hydrogen) atoms. The second-order valence-corrected chi connectivity index (χ2v) is 8.21. The lowest BCUT2D eigenvalue weighted by Gasteiger charge is -2.22. The standard InChI is InChI=1S/C17H19NO3S3/c1-10-4-5-12(11(2)8-10)9-14-15(19)18(17(22)24-14)13(16(20)21)6-7-23-3/h4-5,8-9,13H,6-7H2,1-3H3,(H,20,21)/b14-9+/t13-/m1/s1. The van der Waals surface area contributed by atoms with E-state index in [1.54, 1.807) is 17.8 Å². The van der Waals surface area contributed by atoms with E-state index >= 15 is 0 Å². The Labute approximate surface area is 155 Å². The van der Waals surface area contributed by atoms with Crippen LogP contribution in [0, 0.1) is 13.8 Å². The number of hydrogen-bond donors (Lipinski definition) is 1. The van der Waals surface area contributed by atoms with Gasteiger partial charge < -0.3 is 5.11 Å². The summed E-state index contributed by atoms with van der Waals surface area (Å²) in [5.74, 6) is -0.684. The lowest BCUT2D eigenvalue weighted by molar-refractivity contribution is -0.145. The Morgan fingerprint density at radius 3 is 2.75 bits per heavy atom. The molecule has 128 valence electrons. The molecule has 0 unspecified atom stereocenters. The van der Waals surface area contributed by atoms with Gasteiger partial charge in [-0.2, -0.15) is 11.8 Å². The third kappa shape index (κ3) is 4.20. The highest BCUT2D eigenvalue weighted by Crippen LogP contribution is 2.35. The number of thioether (sulfide) groups is 2. The van der Waals surface area contributed by atoms with E-state index in [1.807, 2.05) is 38.3 Å². The lowest BCUT2D eigenvalue weighted by Crippen LogP contribution is -2.44. The molecule has 1 fully saturated rings. The number of aliphatic carboxylic acids is 1. The number of carbonyl (C=O) groups is 2. The van der Waals surface area contributed by atoms with Crippen LogP contribution in [0.1, 0.15) is 23.1 Å². The SMILES string of the molecule is CSCC[C@H](C(=O)O)N1C(=O)/C(=C\c2ccc(C)cc2C)SC1=S. The Morgan fingerprint density at radius 1 is 1.46 bits per heavy atom. The van der Waals surface area contributed by atoms with Gasteiger partial charge in [0.2, 0.25) is 0 Å². The van der Waals surface area contributed by atoms with E-state index in [4.69, 9.17) is 12.2 Å².